The van der Waals surface area contributed by atoms with Gasteiger partial charge in [-0.15, -0.1) is 0 Å². The fourth-order valence-electron chi connectivity index (χ4n) is 10.7. The smallest absolute Gasteiger partial charge is 0.159 e. The summed E-state index contributed by atoms with van der Waals surface area (Å²) in [7, 11) is 0. The summed E-state index contributed by atoms with van der Waals surface area (Å²) in [6.07, 6.45) is 14.5. The van der Waals surface area contributed by atoms with Gasteiger partial charge in [0.25, 0.3) is 0 Å². The molecule has 0 N–H and O–H groups in total. The van der Waals surface area contributed by atoms with Gasteiger partial charge in [0.05, 0.1) is 22.7 Å². The Kier molecular flexibility index (Phi) is 8.78. The Hall–Kier alpha value is -7.30. The van der Waals surface area contributed by atoms with Gasteiger partial charge in [-0.05, 0) is 128 Å². The van der Waals surface area contributed by atoms with E-state index in [0.29, 0.717) is 5.92 Å². The minimum Gasteiger partial charge on any atom is -0.458 e. The Morgan fingerprint density at radius 1 is 0.531 bits per heavy atom. The van der Waals surface area contributed by atoms with Crippen LogP contribution < -0.4 is 9.80 Å². The zero-order chi connectivity index (χ0) is 43.4. The van der Waals surface area contributed by atoms with E-state index in [2.05, 4.69) is 203 Å². The van der Waals surface area contributed by atoms with Gasteiger partial charge in [-0.3, -0.25) is 0 Å². The first kappa shape index (κ1) is 38.4. The van der Waals surface area contributed by atoms with E-state index in [-0.39, 0.29) is 0 Å². The Bertz CT molecular complexity index is 3680. The molecule has 1 atom stereocenters. The lowest BCUT2D eigenvalue weighted by molar-refractivity contribution is 0.493. The third-order valence-corrected chi connectivity index (χ3v) is 14.0. The highest BCUT2D eigenvalue weighted by Crippen LogP contribution is 2.51. The summed E-state index contributed by atoms with van der Waals surface area (Å²) in [6, 6.07) is 45.1. The number of hydrogen-bond donors (Lipinski definition) is 0. The molecule has 12 rings (SSSR count). The van der Waals surface area contributed by atoms with E-state index >= 15 is 0 Å². The van der Waals surface area contributed by atoms with Gasteiger partial charge in [-0.25, -0.2) is 0 Å². The number of aryl methyl sites for hydroxylation is 3. The molecule has 0 radical (unpaired) electrons. The van der Waals surface area contributed by atoms with E-state index in [4.69, 9.17) is 8.83 Å². The van der Waals surface area contributed by atoms with Gasteiger partial charge in [0.15, 0.2) is 11.2 Å². The maximum Gasteiger partial charge on any atom is 0.159 e. The van der Waals surface area contributed by atoms with Gasteiger partial charge in [0.1, 0.15) is 11.3 Å². The Balaban J connectivity index is 1.14. The highest BCUT2D eigenvalue weighted by atomic mass is 16.3. The number of benzene rings is 8. The molecule has 4 nitrogen and oxygen atoms in total. The van der Waals surface area contributed by atoms with Gasteiger partial charge in [-0.2, -0.15) is 0 Å². The first-order chi connectivity index (χ1) is 31.2. The third kappa shape index (κ3) is 5.81. The van der Waals surface area contributed by atoms with Crippen molar-refractivity contribution in [2.24, 2.45) is 0 Å². The Morgan fingerprint density at radius 2 is 1.17 bits per heavy atom. The van der Waals surface area contributed by atoms with Crippen molar-refractivity contribution in [1.29, 1.82) is 0 Å². The minimum absolute atomic E-state index is 0.332. The predicted octanol–water partition coefficient (Wildman–Crippen LogP) is 17.9. The second kappa shape index (κ2) is 14.6. The number of hydrogen-bond acceptors (Lipinski definition) is 4. The van der Waals surface area contributed by atoms with Crippen LogP contribution in [0.5, 0.6) is 0 Å². The number of furan rings is 2. The van der Waals surface area contributed by atoms with Crippen molar-refractivity contribution in [2.75, 3.05) is 9.80 Å². The van der Waals surface area contributed by atoms with E-state index < -0.39 is 0 Å². The van der Waals surface area contributed by atoms with E-state index in [9.17, 15) is 0 Å². The number of allylic oxidation sites excluding steroid dienone is 6. The fourth-order valence-corrected chi connectivity index (χ4v) is 10.7. The molecule has 2 aliphatic rings. The number of para-hydroxylation sites is 3. The summed E-state index contributed by atoms with van der Waals surface area (Å²) in [4.78, 5) is 4.93. The van der Waals surface area contributed by atoms with E-state index in [1.807, 2.05) is 0 Å². The molecule has 312 valence electrons. The molecule has 2 aliphatic carbocycles. The monoisotopic (exact) mass is 830 g/mol. The molecular formula is C60H50N2O2. The lowest BCUT2D eigenvalue weighted by Gasteiger charge is -2.31. The van der Waals surface area contributed by atoms with Crippen molar-refractivity contribution in [3.63, 3.8) is 0 Å². The van der Waals surface area contributed by atoms with Crippen LogP contribution in [-0.2, 0) is 0 Å². The largest absolute Gasteiger partial charge is 0.458 e. The zero-order valence-corrected chi connectivity index (χ0v) is 37.3. The van der Waals surface area contributed by atoms with Gasteiger partial charge in [-0.1, -0.05) is 134 Å². The molecule has 2 heterocycles. The van der Waals surface area contributed by atoms with Gasteiger partial charge in [0, 0.05) is 49.8 Å². The molecule has 0 saturated heterocycles. The van der Waals surface area contributed by atoms with E-state index in [1.165, 1.54) is 60.2 Å². The highest BCUT2D eigenvalue weighted by molar-refractivity contribution is 6.28. The molecule has 0 amide bonds. The summed E-state index contributed by atoms with van der Waals surface area (Å²) in [5, 5.41) is 10.7. The molecule has 1 unspecified atom stereocenters. The minimum atomic E-state index is 0.332. The molecule has 0 fully saturated rings. The second-order valence-electron chi connectivity index (χ2n) is 18.3. The van der Waals surface area contributed by atoms with E-state index in [0.717, 1.165) is 97.6 Å². The Labute approximate surface area is 374 Å². The molecule has 2 aromatic heterocycles. The predicted molar refractivity (Wildman–Crippen MR) is 272 cm³/mol. The second-order valence-corrected chi connectivity index (χ2v) is 18.3. The molecule has 0 saturated carbocycles. The average molecular weight is 831 g/mol. The average Bonchev–Trinajstić information content (AvgIpc) is 3.77. The van der Waals surface area contributed by atoms with Crippen LogP contribution in [-0.4, -0.2) is 0 Å². The van der Waals surface area contributed by atoms with Crippen molar-refractivity contribution in [3.05, 3.63) is 190 Å². The van der Waals surface area contributed by atoms with Crippen LogP contribution in [0, 0.1) is 20.8 Å². The quantitative estimate of drug-likeness (QED) is 0.156. The lowest BCUT2D eigenvalue weighted by atomic mass is 9.91. The molecule has 4 heteroatoms. The fraction of sp³-hybridized carbons (Fsp3) is 0.167. The maximum absolute atomic E-state index is 7.04. The summed E-state index contributed by atoms with van der Waals surface area (Å²) in [5.74, 6) is 1.41. The van der Waals surface area contributed by atoms with Crippen LogP contribution in [0.4, 0.5) is 28.4 Å². The van der Waals surface area contributed by atoms with Crippen LogP contribution in [0.15, 0.2) is 171 Å². The first-order valence-electron chi connectivity index (χ1n) is 22.8. The lowest BCUT2D eigenvalue weighted by Crippen LogP contribution is -2.18. The summed E-state index contributed by atoms with van der Waals surface area (Å²) in [6.45, 7) is 13.3. The Morgan fingerprint density at radius 3 is 1.92 bits per heavy atom. The zero-order valence-electron chi connectivity index (χ0n) is 37.3. The van der Waals surface area contributed by atoms with Gasteiger partial charge < -0.3 is 18.6 Å². The number of rotatable bonds is 6. The van der Waals surface area contributed by atoms with Crippen LogP contribution in [0.2, 0.25) is 0 Å². The van der Waals surface area contributed by atoms with Crippen LogP contribution in [0.1, 0.15) is 74.0 Å². The molecule has 64 heavy (non-hydrogen) atoms. The number of anilines is 5. The molecule has 10 aromatic rings. The van der Waals surface area contributed by atoms with Crippen molar-refractivity contribution in [3.8, 4) is 0 Å². The van der Waals surface area contributed by atoms with Crippen LogP contribution >= 0.6 is 0 Å². The molecule has 0 bridgehead atoms. The molecular weight excluding hydrogens is 781 g/mol. The maximum atomic E-state index is 7.04. The van der Waals surface area contributed by atoms with Gasteiger partial charge >= 0.3 is 0 Å². The number of fused-ring (bicyclic) bond motifs is 6. The van der Waals surface area contributed by atoms with E-state index in [1.54, 1.807) is 0 Å². The summed E-state index contributed by atoms with van der Waals surface area (Å²) < 4.78 is 14.0. The van der Waals surface area contributed by atoms with Crippen molar-refractivity contribution in [2.45, 2.75) is 66.7 Å². The highest BCUT2D eigenvalue weighted by Gasteiger charge is 2.29. The standard InChI is InChI=1S/C60H50N2O2/c1-35-20-23-37(3)49(31-22-35)61(52-18-10-17-46-44-15-9-13-40(6)58(44)64-59(46)52)50-32-27-41-26-30-48-51(33-28-42-25-29-47(50)55(41)56(42)48)62(54-34-36(2)21-24-38(54)4)53-19-11-16-45-43-14-8-7-12-39(5)57(43)63-60(45)53/h8-11,13-21,23-34,39H,7,12,22H2,1-6H3. The third-order valence-electron chi connectivity index (χ3n) is 14.0. The van der Waals surface area contributed by atoms with Crippen molar-refractivity contribution < 1.29 is 8.83 Å². The topological polar surface area (TPSA) is 32.8 Å². The molecule has 0 aliphatic heterocycles. The normalized spacial score (nSPS) is 15.5. The van der Waals surface area contributed by atoms with Crippen molar-refractivity contribution in [1.82, 2.24) is 0 Å². The van der Waals surface area contributed by atoms with Crippen molar-refractivity contribution >= 4 is 99.7 Å². The SMILES string of the molecule is CC1=CC=C(C)C(N(c2ccc3ccc4c(N(c5cc(C)ccc5C)c5cccc6c7c(oc56)C(C)CCC=C7)ccc5ccc2c3c54)c2cccc3c2oc2c(C)cccc23)=CC1. The van der Waals surface area contributed by atoms with Gasteiger partial charge in [0.2, 0.25) is 0 Å². The van der Waals surface area contributed by atoms with Crippen LogP contribution in [0.3, 0.4) is 0 Å². The van der Waals surface area contributed by atoms with Crippen LogP contribution in [0.25, 0.3) is 71.3 Å². The first-order valence-corrected chi connectivity index (χ1v) is 22.8. The summed E-state index contributed by atoms with van der Waals surface area (Å²) >= 11 is 0. The summed E-state index contributed by atoms with van der Waals surface area (Å²) in [5.41, 5.74) is 16.6. The number of nitrogens with zero attached hydrogens (tertiary/aromatic N) is 2. The molecule has 8 aromatic carbocycles. The molecule has 0 spiro atoms.